The predicted molar refractivity (Wildman–Crippen MR) is 111 cm³/mol. The van der Waals surface area contributed by atoms with Gasteiger partial charge in [0.1, 0.15) is 8.07 Å². The van der Waals surface area contributed by atoms with E-state index in [0.29, 0.717) is 6.10 Å². The highest BCUT2D eigenvalue weighted by atomic mass is 28.3. The second kappa shape index (κ2) is 7.31. The van der Waals surface area contributed by atoms with E-state index in [2.05, 4.69) is 88.0 Å². The van der Waals surface area contributed by atoms with E-state index in [9.17, 15) is 0 Å². The van der Waals surface area contributed by atoms with Gasteiger partial charge in [0.2, 0.25) is 0 Å². The summed E-state index contributed by atoms with van der Waals surface area (Å²) in [6.45, 7) is 12.7. The van der Waals surface area contributed by atoms with E-state index in [1.807, 2.05) is 0 Å². The molecule has 2 aromatic carbocycles. The molecule has 25 heavy (non-hydrogen) atoms. The van der Waals surface area contributed by atoms with Crippen LogP contribution in [0.1, 0.15) is 33.6 Å². The Balaban J connectivity index is 2.03. The predicted octanol–water partition coefficient (Wildman–Crippen LogP) is 4.78. The minimum absolute atomic E-state index is 0.203. The fourth-order valence-corrected chi connectivity index (χ4v) is 9.46. The van der Waals surface area contributed by atoms with Gasteiger partial charge in [-0.25, -0.2) is 0 Å². The van der Waals surface area contributed by atoms with Gasteiger partial charge >= 0.3 is 0 Å². The van der Waals surface area contributed by atoms with Crippen molar-refractivity contribution in [3.8, 4) is 0 Å². The molecule has 0 N–H and O–H groups in total. The number of rotatable bonds is 7. The highest BCUT2D eigenvalue weighted by Gasteiger charge is 2.47. The second-order valence-electron chi connectivity index (χ2n) is 8.31. The first-order valence-corrected chi connectivity index (χ1v) is 11.5. The van der Waals surface area contributed by atoms with Gasteiger partial charge in [0.05, 0.1) is 12.7 Å². The lowest BCUT2D eigenvalue weighted by Gasteiger charge is -2.45. The number of allylic oxidation sites excluding steroid dienone is 1. The third kappa shape index (κ3) is 3.96. The summed E-state index contributed by atoms with van der Waals surface area (Å²) in [5.41, 5.74) is 1.38. The van der Waals surface area contributed by atoms with Crippen LogP contribution < -0.4 is 10.4 Å². The number of hydrogen-bond donors (Lipinski definition) is 0. The topological polar surface area (TPSA) is 12.5 Å². The maximum Gasteiger partial charge on any atom is 0.127 e. The molecule has 1 aliphatic rings. The maximum absolute atomic E-state index is 5.40. The van der Waals surface area contributed by atoms with Crippen LogP contribution in [-0.4, -0.2) is 20.8 Å². The van der Waals surface area contributed by atoms with Crippen LogP contribution in [0, 0.1) is 0 Å². The van der Waals surface area contributed by atoms with Crippen LogP contribution in [0.5, 0.6) is 0 Å². The first-order valence-electron chi connectivity index (χ1n) is 9.33. The zero-order valence-electron chi connectivity index (χ0n) is 15.8. The van der Waals surface area contributed by atoms with Crippen molar-refractivity contribution in [2.75, 3.05) is 6.61 Å². The molecule has 1 atom stereocenters. The van der Waals surface area contributed by atoms with Gasteiger partial charge < -0.3 is 4.74 Å². The first-order chi connectivity index (χ1) is 11.9. The van der Waals surface area contributed by atoms with Gasteiger partial charge in [-0.3, -0.25) is 0 Å². The summed E-state index contributed by atoms with van der Waals surface area (Å²) in [5.74, 6) is 0. The molecule has 2 aromatic rings. The molecule has 1 saturated heterocycles. The summed E-state index contributed by atoms with van der Waals surface area (Å²) in [6, 6.07) is 23.4. The SMILES string of the molecule is C=C(CCC1CO1)C[Si](c1ccccc1)(c1ccccc1)C(C)(C)C. The number of hydrogen-bond acceptors (Lipinski definition) is 1. The molecular weight excluding hydrogens is 320 g/mol. The van der Waals surface area contributed by atoms with Crippen LogP contribution in [0.4, 0.5) is 0 Å². The number of benzene rings is 2. The largest absolute Gasteiger partial charge is 0.373 e. The summed E-state index contributed by atoms with van der Waals surface area (Å²) < 4.78 is 5.40. The minimum Gasteiger partial charge on any atom is -0.373 e. The average Bonchev–Trinajstić information content (AvgIpc) is 3.43. The molecule has 0 spiro atoms. The van der Waals surface area contributed by atoms with Crippen LogP contribution in [0.3, 0.4) is 0 Å². The van der Waals surface area contributed by atoms with E-state index in [-0.39, 0.29) is 5.04 Å². The Morgan fingerprint density at radius 2 is 1.48 bits per heavy atom. The Hall–Kier alpha value is -1.64. The zero-order chi connectivity index (χ0) is 17.9. The van der Waals surface area contributed by atoms with Gasteiger partial charge in [-0.2, -0.15) is 0 Å². The van der Waals surface area contributed by atoms with E-state index in [1.54, 1.807) is 0 Å². The lowest BCUT2D eigenvalue weighted by Crippen LogP contribution is -2.64. The van der Waals surface area contributed by atoms with Gasteiger partial charge in [0.25, 0.3) is 0 Å². The standard InChI is InChI=1S/C23H30OSi/c1-19(15-16-20-17-24-20)18-25(23(2,3)4,21-11-7-5-8-12-21)22-13-9-6-10-14-22/h5-14,20H,1,15-18H2,2-4H3. The average molecular weight is 351 g/mol. The van der Waals surface area contributed by atoms with Crippen LogP contribution in [0.2, 0.25) is 11.1 Å². The summed E-state index contributed by atoms with van der Waals surface area (Å²) in [5, 5.41) is 3.23. The Bertz CT molecular complexity index is 656. The van der Waals surface area contributed by atoms with E-state index >= 15 is 0 Å². The smallest absolute Gasteiger partial charge is 0.127 e. The molecule has 1 fully saturated rings. The zero-order valence-corrected chi connectivity index (χ0v) is 16.8. The molecule has 2 heteroatoms. The Morgan fingerprint density at radius 1 is 1.00 bits per heavy atom. The lowest BCUT2D eigenvalue weighted by molar-refractivity contribution is 0.396. The summed E-state index contributed by atoms with van der Waals surface area (Å²) in [7, 11) is -2.00. The van der Waals surface area contributed by atoms with Gasteiger partial charge in [-0.15, -0.1) is 6.58 Å². The molecule has 0 bridgehead atoms. The van der Waals surface area contributed by atoms with E-state index < -0.39 is 8.07 Å². The van der Waals surface area contributed by atoms with Crippen LogP contribution in [-0.2, 0) is 4.74 Å². The molecule has 1 nitrogen and oxygen atoms in total. The summed E-state index contributed by atoms with van der Waals surface area (Å²) in [6.07, 6.45) is 2.68. The first kappa shape index (κ1) is 18.2. The van der Waals surface area contributed by atoms with Crippen LogP contribution >= 0.6 is 0 Å². The monoisotopic (exact) mass is 350 g/mol. The molecule has 0 saturated carbocycles. The molecule has 132 valence electrons. The van der Waals surface area contributed by atoms with E-state index in [1.165, 1.54) is 15.9 Å². The van der Waals surface area contributed by atoms with Gasteiger partial charge in [-0.1, -0.05) is 97.4 Å². The number of ether oxygens (including phenoxy) is 1. The molecule has 1 unspecified atom stereocenters. The Kier molecular flexibility index (Phi) is 5.31. The molecular formula is C23H30OSi. The molecule has 3 rings (SSSR count). The highest BCUT2D eigenvalue weighted by Crippen LogP contribution is 2.41. The quantitative estimate of drug-likeness (QED) is 0.397. The fraction of sp³-hybridized carbons (Fsp3) is 0.391. The van der Waals surface area contributed by atoms with Crippen molar-refractivity contribution in [1.29, 1.82) is 0 Å². The molecule has 0 aromatic heterocycles. The van der Waals surface area contributed by atoms with Crippen molar-refractivity contribution in [2.45, 2.75) is 50.8 Å². The highest BCUT2D eigenvalue weighted by molar-refractivity contribution is 7.04. The molecule has 0 radical (unpaired) electrons. The Morgan fingerprint density at radius 3 is 1.88 bits per heavy atom. The van der Waals surface area contributed by atoms with Gasteiger partial charge in [-0.05, 0) is 23.9 Å². The molecule has 1 aliphatic heterocycles. The van der Waals surface area contributed by atoms with Crippen molar-refractivity contribution in [2.24, 2.45) is 0 Å². The third-order valence-electron chi connectivity index (χ3n) is 5.55. The maximum atomic E-state index is 5.40. The van der Waals surface area contributed by atoms with Crippen molar-refractivity contribution in [3.05, 3.63) is 72.8 Å². The van der Waals surface area contributed by atoms with Crippen LogP contribution in [0.15, 0.2) is 72.8 Å². The lowest BCUT2D eigenvalue weighted by atomic mass is 10.1. The number of epoxide rings is 1. The molecule has 0 aliphatic carbocycles. The van der Waals surface area contributed by atoms with E-state index in [4.69, 9.17) is 4.74 Å². The fourth-order valence-electron chi connectivity index (χ4n) is 4.01. The Labute approximate surface area is 153 Å². The van der Waals surface area contributed by atoms with Crippen molar-refractivity contribution >= 4 is 18.4 Å². The summed E-state index contributed by atoms with van der Waals surface area (Å²) >= 11 is 0. The second-order valence-corrected chi connectivity index (χ2v) is 13.1. The normalized spacial score (nSPS) is 17.3. The van der Waals surface area contributed by atoms with Crippen LogP contribution in [0.25, 0.3) is 0 Å². The molecule has 1 heterocycles. The molecule has 0 amide bonds. The van der Waals surface area contributed by atoms with Crippen molar-refractivity contribution in [3.63, 3.8) is 0 Å². The summed E-state index contributed by atoms with van der Waals surface area (Å²) in [4.78, 5) is 0. The van der Waals surface area contributed by atoms with Crippen molar-refractivity contribution < 1.29 is 4.74 Å². The van der Waals surface area contributed by atoms with Gasteiger partial charge in [0.15, 0.2) is 0 Å². The van der Waals surface area contributed by atoms with E-state index in [0.717, 1.165) is 25.5 Å². The minimum atomic E-state index is -2.00. The van der Waals surface area contributed by atoms with Crippen molar-refractivity contribution in [1.82, 2.24) is 0 Å². The van der Waals surface area contributed by atoms with Gasteiger partial charge in [0, 0.05) is 0 Å². The third-order valence-corrected chi connectivity index (χ3v) is 11.8.